The number of hydrogen-bond donors (Lipinski definition) is 0. The molecule has 31 heavy (non-hydrogen) atoms. The zero-order valence-corrected chi connectivity index (χ0v) is 19.4. The fourth-order valence-electron chi connectivity index (χ4n) is 3.64. The van der Waals surface area contributed by atoms with Crippen LogP contribution in [0.4, 0.5) is 0 Å². The number of rotatable bonds is 11. The first-order valence-electron chi connectivity index (χ1n) is 11.0. The molecule has 1 fully saturated rings. The van der Waals surface area contributed by atoms with Crippen LogP contribution in [0.1, 0.15) is 56.0 Å². The van der Waals surface area contributed by atoms with Gasteiger partial charge in [0.05, 0.1) is 31.2 Å². The van der Waals surface area contributed by atoms with E-state index in [-0.39, 0.29) is 24.6 Å². The highest BCUT2D eigenvalue weighted by atomic mass is 32.2. The van der Waals surface area contributed by atoms with Gasteiger partial charge in [0.2, 0.25) is 5.89 Å². The van der Waals surface area contributed by atoms with Crippen LogP contribution in [0.3, 0.4) is 0 Å². The second kappa shape index (κ2) is 11.2. The molecule has 1 aromatic carbocycles. The van der Waals surface area contributed by atoms with Gasteiger partial charge in [-0.05, 0) is 65.0 Å². The Bertz CT molecular complexity index is 939. The predicted molar refractivity (Wildman–Crippen MR) is 118 cm³/mol. The van der Waals surface area contributed by atoms with Gasteiger partial charge < -0.3 is 13.9 Å². The normalized spacial score (nSPS) is 19.6. The maximum Gasteiger partial charge on any atom is 0.267 e. The summed E-state index contributed by atoms with van der Waals surface area (Å²) in [5.41, 5.74) is 2.96. The summed E-state index contributed by atoms with van der Waals surface area (Å²) in [7, 11) is -3.38. The Hall–Kier alpha value is -1.74. The zero-order chi connectivity index (χ0) is 22.3. The summed E-state index contributed by atoms with van der Waals surface area (Å²) in [6.45, 7) is 6.60. The highest BCUT2D eigenvalue weighted by Crippen LogP contribution is 2.27. The van der Waals surface area contributed by atoms with Crippen molar-refractivity contribution >= 4 is 10.1 Å². The second-order valence-electron chi connectivity index (χ2n) is 8.01. The van der Waals surface area contributed by atoms with E-state index in [0.717, 1.165) is 48.3 Å². The Balaban J connectivity index is 1.43. The number of ether oxygens (including phenoxy) is 2. The molecule has 7 nitrogen and oxygen atoms in total. The maximum atomic E-state index is 11.3. The first-order chi connectivity index (χ1) is 14.9. The van der Waals surface area contributed by atoms with Crippen LogP contribution >= 0.6 is 0 Å². The summed E-state index contributed by atoms with van der Waals surface area (Å²) in [5, 5.41) is 0. The van der Waals surface area contributed by atoms with Gasteiger partial charge in [0.25, 0.3) is 10.1 Å². The molecule has 3 rings (SSSR count). The van der Waals surface area contributed by atoms with E-state index in [1.54, 1.807) is 6.92 Å². The van der Waals surface area contributed by atoms with Crippen LogP contribution in [0.25, 0.3) is 11.5 Å². The van der Waals surface area contributed by atoms with Crippen LogP contribution in [-0.2, 0) is 30.4 Å². The second-order valence-corrected chi connectivity index (χ2v) is 9.93. The molecule has 0 spiro atoms. The van der Waals surface area contributed by atoms with E-state index in [0.29, 0.717) is 25.5 Å². The Kier molecular flexibility index (Phi) is 8.66. The van der Waals surface area contributed by atoms with Crippen molar-refractivity contribution in [1.29, 1.82) is 0 Å². The van der Waals surface area contributed by atoms with Crippen molar-refractivity contribution in [1.82, 2.24) is 4.98 Å². The van der Waals surface area contributed by atoms with Gasteiger partial charge in [-0.3, -0.25) is 4.18 Å². The van der Waals surface area contributed by atoms with Crippen LogP contribution in [0.2, 0.25) is 0 Å². The van der Waals surface area contributed by atoms with E-state index in [2.05, 4.69) is 11.1 Å². The van der Waals surface area contributed by atoms with Gasteiger partial charge in [-0.15, -0.1) is 0 Å². The molecule has 0 amide bonds. The van der Waals surface area contributed by atoms with E-state index in [1.807, 2.05) is 32.0 Å². The number of oxazole rings is 1. The topological polar surface area (TPSA) is 87.9 Å². The third-order valence-electron chi connectivity index (χ3n) is 5.45. The smallest absolute Gasteiger partial charge is 0.267 e. The lowest BCUT2D eigenvalue weighted by atomic mass is 9.95. The SMILES string of the molecule is CCS(=O)(=O)OCCCO[C@@H]1CCC[C@H](OCc2nc(-c3cccc(C)c3)oc2C)C1. The van der Waals surface area contributed by atoms with E-state index in [1.165, 1.54) is 0 Å². The van der Waals surface area contributed by atoms with Gasteiger partial charge in [-0.2, -0.15) is 8.42 Å². The van der Waals surface area contributed by atoms with Crippen molar-refractivity contribution in [2.45, 2.75) is 71.7 Å². The van der Waals surface area contributed by atoms with Gasteiger partial charge >= 0.3 is 0 Å². The number of aryl methyl sites for hydroxylation is 2. The van der Waals surface area contributed by atoms with Gasteiger partial charge in [-0.1, -0.05) is 17.7 Å². The Morgan fingerprint density at radius 1 is 1.13 bits per heavy atom. The van der Waals surface area contributed by atoms with Crippen molar-refractivity contribution in [2.24, 2.45) is 0 Å². The third kappa shape index (κ3) is 7.42. The third-order valence-corrected chi connectivity index (χ3v) is 6.68. The molecule has 0 radical (unpaired) electrons. The molecule has 1 saturated carbocycles. The van der Waals surface area contributed by atoms with E-state index in [9.17, 15) is 8.42 Å². The molecule has 0 saturated heterocycles. The Morgan fingerprint density at radius 3 is 2.65 bits per heavy atom. The van der Waals surface area contributed by atoms with E-state index in [4.69, 9.17) is 18.1 Å². The van der Waals surface area contributed by atoms with E-state index < -0.39 is 10.1 Å². The highest BCUT2D eigenvalue weighted by molar-refractivity contribution is 7.86. The largest absolute Gasteiger partial charge is 0.441 e. The molecule has 1 aliphatic rings. The molecule has 8 heteroatoms. The van der Waals surface area contributed by atoms with Crippen molar-refractivity contribution < 1.29 is 26.5 Å². The van der Waals surface area contributed by atoms with Crippen molar-refractivity contribution in [3.05, 3.63) is 41.3 Å². The zero-order valence-electron chi connectivity index (χ0n) is 18.6. The summed E-state index contributed by atoms with van der Waals surface area (Å²) >= 11 is 0. The van der Waals surface area contributed by atoms with E-state index >= 15 is 0 Å². The summed E-state index contributed by atoms with van der Waals surface area (Å²) in [6.07, 6.45) is 4.67. The number of aromatic nitrogens is 1. The lowest BCUT2D eigenvalue weighted by Gasteiger charge is -2.29. The van der Waals surface area contributed by atoms with Crippen LogP contribution in [-0.4, -0.2) is 44.6 Å². The fourth-order valence-corrected chi connectivity index (χ4v) is 4.18. The van der Waals surface area contributed by atoms with Gasteiger partial charge in [0.1, 0.15) is 11.5 Å². The molecule has 0 bridgehead atoms. The molecule has 2 aromatic rings. The van der Waals surface area contributed by atoms with Crippen LogP contribution in [0, 0.1) is 13.8 Å². The van der Waals surface area contributed by atoms with Crippen molar-refractivity contribution in [3.63, 3.8) is 0 Å². The standard InChI is InChI=1S/C23H33NO6S/c1-4-31(25,26)29-13-7-12-27-20-10-6-11-21(15-20)28-16-22-18(3)30-23(24-22)19-9-5-8-17(2)14-19/h5,8-9,14,20-21H,4,6-7,10-13,15-16H2,1-3H3/t20-,21+/m1/s1. The quantitative estimate of drug-likeness (QED) is 0.365. The summed E-state index contributed by atoms with van der Waals surface area (Å²) < 4.78 is 45.4. The van der Waals surface area contributed by atoms with Crippen molar-refractivity contribution in [2.75, 3.05) is 19.0 Å². The van der Waals surface area contributed by atoms with Gasteiger partial charge in [0, 0.05) is 12.2 Å². The minimum absolute atomic E-state index is 0.00697. The molecule has 1 heterocycles. The average Bonchev–Trinajstić information content (AvgIpc) is 3.13. The molecular weight excluding hydrogens is 418 g/mol. The summed E-state index contributed by atoms with van der Waals surface area (Å²) in [6, 6.07) is 8.10. The Morgan fingerprint density at radius 2 is 1.90 bits per heavy atom. The Labute approximate surface area is 185 Å². The van der Waals surface area contributed by atoms with Crippen LogP contribution in [0.5, 0.6) is 0 Å². The maximum absolute atomic E-state index is 11.3. The first-order valence-corrected chi connectivity index (χ1v) is 12.6. The number of nitrogens with zero attached hydrogens (tertiary/aromatic N) is 1. The van der Waals surface area contributed by atoms with Gasteiger partial charge in [0.15, 0.2) is 0 Å². The average molecular weight is 452 g/mol. The van der Waals surface area contributed by atoms with Crippen LogP contribution < -0.4 is 0 Å². The highest BCUT2D eigenvalue weighted by Gasteiger charge is 2.24. The summed E-state index contributed by atoms with van der Waals surface area (Å²) in [5.74, 6) is 1.39. The molecule has 0 unspecified atom stereocenters. The molecule has 0 aliphatic heterocycles. The lowest BCUT2D eigenvalue weighted by Crippen LogP contribution is -2.28. The summed E-state index contributed by atoms with van der Waals surface area (Å²) in [4.78, 5) is 4.64. The number of hydrogen-bond acceptors (Lipinski definition) is 7. The minimum Gasteiger partial charge on any atom is -0.441 e. The van der Waals surface area contributed by atoms with Gasteiger partial charge in [-0.25, -0.2) is 4.98 Å². The fraction of sp³-hybridized carbons (Fsp3) is 0.609. The lowest BCUT2D eigenvalue weighted by molar-refractivity contribution is -0.0524. The molecule has 1 aliphatic carbocycles. The molecular formula is C23H33NO6S. The van der Waals surface area contributed by atoms with Crippen molar-refractivity contribution in [3.8, 4) is 11.5 Å². The molecule has 172 valence electrons. The minimum atomic E-state index is -3.38. The number of benzene rings is 1. The predicted octanol–water partition coefficient (Wildman–Crippen LogP) is 4.56. The molecule has 0 N–H and O–H groups in total. The first kappa shape index (κ1) is 23.9. The van der Waals surface area contributed by atoms with Crippen LogP contribution in [0.15, 0.2) is 28.7 Å². The molecule has 2 atom stereocenters. The molecule has 1 aromatic heterocycles. The monoisotopic (exact) mass is 451 g/mol.